The van der Waals surface area contributed by atoms with Gasteiger partial charge in [-0.05, 0) is 75.4 Å². The Kier molecular flexibility index (Phi) is 8.42. The molecule has 9 heteroatoms. The molecule has 3 aliphatic rings. The summed E-state index contributed by atoms with van der Waals surface area (Å²) in [6.45, 7) is 8.54. The second-order valence-electron chi connectivity index (χ2n) is 11.1. The summed E-state index contributed by atoms with van der Waals surface area (Å²) in [6, 6.07) is 16.5. The molecule has 2 aromatic rings. The lowest BCUT2D eigenvalue weighted by molar-refractivity contribution is -0.138. The molecule has 3 fully saturated rings. The van der Waals surface area contributed by atoms with Crippen molar-refractivity contribution in [1.82, 2.24) is 4.90 Å². The third-order valence-electron chi connectivity index (χ3n) is 8.91. The number of nitrogens with zero attached hydrogens (tertiary/aromatic N) is 2. The van der Waals surface area contributed by atoms with Crippen LogP contribution in [0, 0.1) is 17.8 Å². The maximum absolute atomic E-state index is 14.1. The lowest BCUT2D eigenvalue weighted by Gasteiger charge is -2.38. The summed E-state index contributed by atoms with van der Waals surface area (Å²) < 4.78 is -0.676. The number of hydrogen-bond donors (Lipinski definition) is 3. The number of thioether (sulfide) groups is 1. The number of carbonyl (C=O) groups is 3. The van der Waals surface area contributed by atoms with Crippen molar-refractivity contribution < 1.29 is 19.5 Å². The summed E-state index contributed by atoms with van der Waals surface area (Å²) in [5.41, 5.74) is 2.48. The molecule has 0 aliphatic carbocycles. The number of amides is 3. The van der Waals surface area contributed by atoms with Crippen molar-refractivity contribution in [3.05, 3.63) is 54.6 Å². The Hall–Kier alpha value is -3.04. The lowest BCUT2D eigenvalue weighted by atomic mass is 9.66. The van der Waals surface area contributed by atoms with Gasteiger partial charge in [0.2, 0.25) is 17.7 Å². The number of hydrogen-bond acceptors (Lipinski definition) is 6. The number of rotatable bonds is 11. The van der Waals surface area contributed by atoms with Gasteiger partial charge < -0.3 is 25.5 Å². The van der Waals surface area contributed by atoms with E-state index in [2.05, 4.69) is 36.3 Å². The minimum absolute atomic E-state index is 0.0177. The summed E-state index contributed by atoms with van der Waals surface area (Å²) in [5, 5.41) is 15.5. The Morgan fingerprint density at radius 2 is 1.65 bits per heavy atom. The van der Waals surface area contributed by atoms with Gasteiger partial charge in [-0.2, -0.15) is 0 Å². The number of fused-ring (bicyclic) bond motifs is 1. The van der Waals surface area contributed by atoms with Crippen molar-refractivity contribution in [3.63, 3.8) is 0 Å². The van der Waals surface area contributed by atoms with E-state index in [9.17, 15) is 19.5 Å². The molecule has 3 saturated heterocycles. The highest BCUT2D eigenvalue weighted by Crippen LogP contribution is 2.68. The van der Waals surface area contributed by atoms with Crippen LogP contribution in [-0.2, 0) is 14.4 Å². The smallest absolute Gasteiger partial charge is 0.248 e. The highest BCUT2D eigenvalue weighted by atomic mass is 32.2. The first-order chi connectivity index (χ1) is 19.3. The number of carbonyl (C=O) groups excluding carboxylic acids is 3. The summed E-state index contributed by atoms with van der Waals surface area (Å²) in [6.07, 6.45) is 1.93. The van der Waals surface area contributed by atoms with Gasteiger partial charge in [0.1, 0.15) is 6.04 Å². The van der Waals surface area contributed by atoms with Gasteiger partial charge in [0.25, 0.3) is 0 Å². The Balaban J connectivity index is 1.44. The monoisotopic (exact) mass is 564 g/mol. The Morgan fingerprint density at radius 3 is 2.30 bits per heavy atom. The molecule has 3 unspecified atom stereocenters. The van der Waals surface area contributed by atoms with Crippen LogP contribution in [0.4, 0.5) is 17.1 Å². The lowest BCUT2D eigenvalue weighted by Crippen LogP contribution is -2.54. The molecule has 8 nitrogen and oxygen atoms in total. The zero-order chi connectivity index (χ0) is 28.4. The first-order valence-electron chi connectivity index (χ1n) is 14.5. The second-order valence-corrected chi connectivity index (χ2v) is 12.6. The number of aliphatic hydroxyl groups is 1. The third kappa shape index (κ3) is 4.87. The molecule has 6 atom stereocenters. The summed E-state index contributed by atoms with van der Waals surface area (Å²) >= 11 is 1.67. The van der Waals surface area contributed by atoms with Crippen molar-refractivity contribution in [1.29, 1.82) is 0 Å². The van der Waals surface area contributed by atoms with Gasteiger partial charge in [-0.1, -0.05) is 25.1 Å². The fourth-order valence-electron chi connectivity index (χ4n) is 7.06. The number of benzene rings is 2. The predicted octanol–water partition coefficient (Wildman–Crippen LogP) is 4.22. The number of para-hydroxylation sites is 1. The van der Waals surface area contributed by atoms with Crippen molar-refractivity contribution >= 4 is 46.5 Å². The van der Waals surface area contributed by atoms with Crippen molar-refractivity contribution in [3.8, 4) is 0 Å². The van der Waals surface area contributed by atoms with Crippen LogP contribution in [-0.4, -0.2) is 70.0 Å². The zero-order valence-electron chi connectivity index (χ0n) is 23.5. The standard InChI is InChI=1S/C31H40N4O4S/c1-4-34(5-2)23-15-13-22(14-16-23)33-29(38)27-31-20(3)19-24(40-31)25(28(37)32-21-11-7-6-8-12-21)26(31)30(39)35(27)17-9-10-18-36/h6-8,11-16,20,24-27,36H,4-5,9-10,17-19H2,1-3H3,(H,32,37)(H,33,38)/t20?,24-,25+,26+,27?,31?/m1/s1. The molecule has 3 heterocycles. The first kappa shape index (κ1) is 28.5. The molecular weight excluding hydrogens is 524 g/mol. The average molecular weight is 565 g/mol. The Morgan fingerprint density at radius 1 is 1.00 bits per heavy atom. The highest BCUT2D eigenvalue weighted by molar-refractivity contribution is 8.02. The molecule has 3 N–H and O–H groups in total. The van der Waals surface area contributed by atoms with Gasteiger partial charge in [-0.15, -0.1) is 11.8 Å². The maximum Gasteiger partial charge on any atom is 0.248 e. The van der Waals surface area contributed by atoms with Crippen molar-refractivity contribution in [2.75, 3.05) is 41.8 Å². The van der Waals surface area contributed by atoms with Crippen LogP contribution in [0.3, 0.4) is 0 Å². The van der Waals surface area contributed by atoms with Gasteiger partial charge in [0, 0.05) is 48.6 Å². The average Bonchev–Trinajstić information content (AvgIpc) is 3.54. The van der Waals surface area contributed by atoms with E-state index in [-0.39, 0.29) is 35.5 Å². The molecular formula is C31H40N4O4S. The number of aliphatic hydroxyl groups excluding tert-OH is 1. The van der Waals surface area contributed by atoms with E-state index < -0.39 is 22.6 Å². The van der Waals surface area contributed by atoms with Crippen LogP contribution >= 0.6 is 11.8 Å². The van der Waals surface area contributed by atoms with Crippen LogP contribution in [0.25, 0.3) is 0 Å². The van der Waals surface area contributed by atoms with Crippen LogP contribution in [0.2, 0.25) is 0 Å². The molecule has 2 bridgehead atoms. The zero-order valence-corrected chi connectivity index (χ0v) is 24.3. The molecule has 2 aromatic carbocycles. The topological polar surface area (TPSA) is 102 Å². The fraction of sp³-hybridized carbons (Fsp3) is 0.516. The van der Waals surface area contributed by atoms with Crippen LogP contribution in [0.1, 0.15) is 40.0 Å². The van der Waals surface area contributed by atoms with Gasteiger partial charge in [-0.3, -0.25) is 14.4 Å². The van der Waals surface area contributed by atoms with E-state index in [1.54, 1.807) is 16.7 Å². The van der Waals surface area contributed by atoms with Gasteiger partial charge in [-0.25, -0.2) is 0 Å². The van der Waals surface area contributed by atoms with E-state index >= 15 is 0 Å². The minimum atomic E-state index is -0.689. The largest absolute Gasteiger partial charge is 0.396 e. The van der Waals surface area contributed by atoms with Crippen molar-refractivity contribution in [2.24, 2.45) is 17.8 Å². The highest BCUT2D eigenvalue weighted by Gasteiger charge is 2.75. The minimum Gasteiger partial charge on any atom is -0.396 e. The molecule has 214 valence electrons. The summed E-state index contributed by atoms with van der Waals surface area (Å²) in [4.78, 5) is 45.8. The van der Waals surface area contributed by atoms with E-state index in [4.69, 9.17) is 0 Å². The summed E-state index contributed by atoms with van der Waals surface area (Å²) in [7, 11) is 0. The normalized spacial score (nSPS) is 28.4. The second kappa shape index (κ2) is 11.8. The SMILES string of the molecule is CCN(CC)c1ccc(NC(=O)C2N(CCCCO)C(=O)[C@@H]3[C@@H](C(=O)Nc4ccccc4)[C@H]4CC(C)C23S4)cc1. The molecule has 1 spiro atoms. The molecule has 3 aliphatic heterocycles. The van der Waals surface area contributed by atoms with Gasteiger partial charge in [0.15, 0.2) is 0 Å². The third-order valence-corrected chi connectivity index (χ3v) is 11.0. The number of anilines is 3. The predicted molar refractivity (Wildman–Crippen MR) is 160 cm³/mol. The van der Waals surface area contributed by atoms with Gasteiger partial charge in [0.05, 0.1) is 16.6 Å². The first-order valence-corrected chi connectivity index (χ1v) is 15.3. The van der Waals surface area contributed by atoms with E-state index in [1.165, 1.54) is 0 Å². The molecule has 0 saturated carbocycles. The van der Waals surface area contributed by atoms with Gasteiger partial charge >= 0.3 is 0 Å². The van der Waals surface area contributed by atoms with Crippen LogP contribution in [0.15, 0.2) is 54.6 Å². The quantitative estimate of drug-likeness (QED) is 0.354. The van der Waals surface area contributed by atoms with Crippen LogP contribution < -0.4 is 15.5 Å². The Labute approximate surface area is 240 Å². The molecule has 3 amide bonds. The van der Waals surface area contributed by atoms with E-state index in [0.717, 1.165) is 25.2 Å². The molecule has 40 heavy (non-hydrogen) atoms. The summed E-state index contributed by atoms with van der Waals surface area (Å²) in [5.74, 6) is -1.45. The van der Waals surface area contributed by atoms with E-state index in [0.29, 0.717) is 30.8 Å². The molecule has 0 aromatic heterocycles. The number of nitrogens with one attached hydrogen (secondary N) is 2. The maximum atomic E-state index is 14.1. The Bertz CT molecular complexity index is 1220. The van der Waals surface area contributed by atoms with E-state index in [1.807, 2.05) is 54.6 Å². The molecule has 5 rings (SSSR count). The molecule has 0 radical (unpaired) electrons. The van der Waals surface area contributed by atoms with Crippen molar-refractivity contribution in [2.45, 2.75) is 56.1 Å². The fourth-order valence-corrected chi connectivity index (χ4v) is 9.48. The number of likely N-dealkylation sites (tertiary alicyclic amines) is 1. The van der Waals surface area contributed by atoms with Crippen LogP contribution in [0.5, 0.6) is 0 Å². The number of unbranched alkanes of at least 4 members (excludes halogenated alkanes) is 1.